The molecule has 2 heterocycles. The number of aryl methyl sites for hydroxylation is 3. The molecule has 1 aliphatic rings. The summed E-state index contributed by atoms with van der Waals surface area (Å²) < 4.78 is 1.81. The Morgan fingerprint density at radius 3 is 2.81 bits per heavy atom. The molecule has 0 unspecified atom stereocenters. The predicted molar refractivity (Wildman–Crippen MR) is 107 cm³/mol. The van der Waals surface area contributed by atoms with Crippen molar-refractivity contribution in [1.29, 1.82) is 0 Å². The number of benzene rings is 1. The largest absolute Gasteiger partial charge is 0.301 e. The fourth-order valence-corrected chi connectivity index (χ4v) is 4.28. The monoisotopic (exact) mass is 400 g/mol. The van der Waals surface area contributed by atoms with Crippen LogP contribution in [-0.2, 0) is 4.79 Å². The average Bonchev–Trinajstić information content (AvgIpc) is 3.19. The standard InChI is InChI=1S/C18H20N6OS2/c1-10-6-12(3)14(7-11(10)2)15-8-26-17(19-15)20-16(25)9-27-18-21-22-23-24(18)13-4-5-13/h6-8,13H,4-5,9H2,1-3H3,(H,19,20,25). The molecule has 1 N–H and O–H groups in total. The van der Waals surface area contributed by atoms with E-state index in [4.69, 9.17) is 0 Å². The fraction of sp³-hybridized carbons (Fsp3) is 0.389. The van der Waals surface area contributed by atoms with Gasteiger partial charge < -0.3 is 5.32 Å². The summed E-state index contributed by atoms with van der Waals surface area (Å²) in [6.45, 7) is 6.29. The van der Waals surface area contributed by atoms with Gasteiger partial charge in [-0.3, -0.25) is 4.79 Å². The van der Waals surface area contributed by atoms with E-state index in [0.29, 0.717) is 16.3 Å². The lowest BCUT2D eigenvalue weighted by Crippen LogP contribution is -2.14. The first kappa shape index (κ1) is 18.1. The number of thiazole rings is 1. The number of aromatic nitrogens is 5. The summed E-state index contributed by atoms with van der Waals surface area (Å²) in [4.78, 5) is 16.9. The zero-order valence-electron chi connectivity index (χ0n) is 15.4. The zero-order chi connectivity index (χ0) is 19.0. The van der Waals surface area contributed by atoms with Gasteiger partial charge in [0.1, 0.15) is 0 Å². The number of thioether (sulfide) groups is 1. The van der Waals surface area contributed by atoms with E-state index < -0.39 is 0 Å². The third-order valence-electron chi connectivity index (χ3n) is 4.55. The van der Waals surface area contributed by atoms with Gasteiger partial charge in [-0.15, -0.1) is 16.4 Å². The van der Waals surface area contributed by atoms with Crippen LogP contribution < -0.4 is 5.32 Å². The van der Waals surface area contributed by atoms with Gasteiger partial charge in [0.25, 0.3) is 0 Å². The zero-order valence-corrected chi connectivity index (χ0v) is 17.0. The van der Waals surface area contributed by atoms with E-state index in [1.165, 1.54) is 39.8 Å². The maximum atomic E-state index is 12.3. The second kappa shape index (κ2) is 7.40. The van der Waals surface area contributed by atoms with E-state index in [1.807, 2.05) is 10.1 Å². The van der Waals surface area contributed by atoms with Crippen molar-refractivity contribution in [3.63, 3.8) is 0 Å². The van der Waals surface area contributed by atoms with Gasteiger partial charge >= 0.3 is 0 Å². The van der Waals surface area contributed by atoms with Gasteiger partial charge in [0, 0.05) is 10.9 Å². The van der Waals surface area contributed by atoms with Crippen LogP contribution in [0, 0.1) is 20.8 Å². The van der Waals surface area contributed by atoms with E-state index >= 15 is 0 Å². The highest BCUT2D eigenvalue weighted by Gasteiger charge is 2.28. The number of nitrogens with one attached hydrogen (secondary N) is 1. The van der Waals surface area contributed by atoms with Gasteiger partial charge in [0.2, 0.25) is 11.1 Å². The Kier molecular flexibility index (Phi) is 4.96. The summed E-state index contributed by atoms with van der Waals surface area (Å²) in [5.74, 6) is 0.146. The Balaban J connectivity index is 1.39. The van der Waals surface area contributed by atoms with Gasteiger partial charge in [-0.2, -0.15) is 0 Å². The molecule has 1 fully saturated rings. The SMILES string of the molecule is Cc1cc(C)c(-c2csc(NC(=O)CSc3nnnn3C3CC3)n2)cc1C. The van der Waals surface area contributed by atoms with Crippen LogP contribution in [0.5, 0.6) is 0 Å². The summed E-state index contributed by atoms with van der Waals surface area (Å²) in [5.41, 5.74) is 5.68. The van der Waals surface area contributed by atoms with Gasteiger partial charge in [-0.05, 0) is 66.8 Å². The minimum atomic E-state index is -0.108. The maximum absolute atomic E-state index is 12.3. The van der Waals surface area contributed by atoms with Gasteiger partial charge in [-0.25, -0.2) is 9.67 Å². The third-order valence-corrected chi connectivity index (χ3v) is 6.25. The maximum Gasteiger partial charge on any atom is 0.236 e. The molecule has 2 aromatic heterocycles. The van der Waals surface area contributed by atoms with Gasteiger partial charge in [0.15, 0.2) is 5.13 Å². The summed E-state index contributed by atoms with van der Waals surface area (Å²) in [7, 11) is 0. The van der Waals surface area contributed by atoms with E-state index in [9.17, 15) is 4.79 Å². The highest BCUT2D eigenvalue weighted by Crippen LogP contribution is 2.36. The van der Waals surface area contributed by atoms with Crippen molar-refractivity contribution in [3.05, 3.63) is 34.2 Å². The summed E-state index contributed by atoms with van der Waals surface area (Å²) in [6, 6.07) is 4.72. The Morgan fingerprint density at radius 1 is 1.26 bits per heavy atom. The Bertz CT molecular complexity index is 992. The number of rotatable bonds is 6. The molecule has 1 saturated carbocycles. The van der Waals surface area contributed by atoms with Crippen LogP contribution in [0.15, 0.2) is 22.7 Å². The van der Waals surface area contributed by atoms with Crippen LogP contribution >= 0.6 is 23.1 Å². The van der Waals surface area contributed by atoms with Crippen LogP contribution in [0.2, 0.25) is 0 Å². The van der Waals surface area contributed by atoms with Crippen LogP contribution in [0.25, 0.3) is 11.3 Å². The quantitative estimate of drug-likeness (QED) is 0.634. The first-order valence-corrected chi connectivity index (χ1v) is 10.6. The molecular formula is C18H20N6OS2. The molecule has 1 amide bonds. The third kappa shape index (κ3) is 4.03. The number of hydrogen-bond acceptors (Lipinski definition) is 7. The van der Waals surface area contributed by atoms with Gasteiger partial charge in [0.05, 0.1) is 17.5 Å². The topological polar surface area (TPSA) is 85.6 Å². The summed E-state index contributed by atoms with van der Waals surface area (Å²) >= 11 is 2.79. The van der Waals surface area contributed by atoms with Crippen LogP contribution in [-0.4, -0.2) is 36.9 Å². The number of carbonyl (C=O) groups is 1. The highest BCUT2D eigenvalue weighted by molar-refractivity contribution is 7.99. The van der Waals surface area contributed by atoms with Crippen molar-refractivity contribution in [2.24, 2.45) is 0 Å². The first-order valence-electron chi connectivity index (χ1n) is 8.75. The molecule has 0 aliphatic heterocycles. The normalized spacial score (nSPS) is 13.7. The minimum absolute atomic E-state index is 0.108. The van der Waals surface area contributed by atoms with E-state index in [-0.39, 0.29) is 11.7 Å². The fourth-order valence-electron chi connectivity index (χ4n) is 2.81. The second-order valence-electron chi connectivity index (χ2n) is 6.76. The molecule has 0 spiro atoms. The molecule has 0 radical (unpaired) electrons. The molecular weight excluding hydrogens is 380 g/mol. The van der Waals surface area contributed by atoms with Crippen molar-refractivity contribution >= 4 is 34.1 Å². The van der Waals surface area contributed by atoms with Crippen molar-refractivity contribution in [3.8, 4) is 11.3 Å². The number of carbonyl (C=O) groups excluding carboxylic acids is 1. The van der Waals surface area contributed by atoms with E-state index in [0.717, 1.165) is 24.1 Å². The van der Waals surface area contributed by atoms with Crippen molar-refractivity contribution < 1.29 is 4.79 Å². The molecule has 140 valence electrons. The van der Waals surface area contributed by atoms with Crippen LogP contribution in [0.1, 0.15) is 35.6 Å². The molecule has 0 atom stereocenters. The minimum Gasteiger partial charge on any atom is -0.301 e. The molecule has 1 aromatic carbocycles. The molecule has 0 saturated heterocycles. The predicted octanol–water partition coefficient (Wildman–Crippen LogP) is 3.79. The lowest BCUT2D eigenvalue weighted by molar-refractivity contribution is -0.113. The number of anilines is 1. The van der Waals surface area contributed by atoms with E-state index in [1.54, 1.807) is 0 Å². The molecule has 4 rings (SSSR count). The van der Waals surface area contributed by atoms with Crippen molar-refractivity contribution in [1.82, 2.24) is 25.2 Å². The summed E-state index contributed by atoms with van der Waals surface area (Å²) in [6.07, 6.45) is 2.20. The number of hydrogen-bond donors (Lipinski definition) is 1. The molecule has 9 heteroatoms. The van der Waals surface area contributed by atoms with E-state index in [2.05, 4.69) is 58.7 Å². The average molecular weight is 401 g/mol. The molecule has 7 nitrogen and oxygen atoms in total. The van der Waals surface area contributed by atoms with Crippen molar-refractivity contribution in [2.45, 2.75) is 44.8 Å². The number of amides is 1. The lowest BCUT2D eigenvalue weighted by atomic mass is 9.99. The molecule has 27 heavy (non-hydrogen) atoms. The first-order chi connectivity index (χ1) is 13.0. The van der Waals surface area contributed by atoms with Crippen LogP contribution in [0.3, 0.4) is 0 Å². The number of nitrogens with zero attached hydrogens (tertiary/aromatic N) is 5. The van der Waals surface area contributed by atoms with Crippen molar-refractivity contribution in [2.75, 3.05) is 11.1 Å². The Hall–Kier alpha value is -2.26. The highest BCUT2D eigenvalue weighted by atomic mass is 32.2. The smallest absolute Gasteiger partial charge is 0.236 e. The second-order valence-corrected chi connectivity index (χ2v) is 8.56. The summed E-state index contributed by atoms with van der Waals surface area (Å²) in [5, 5.41) is 17.8. The molecule has 1 aliphatic carbocycles. The Morgan fingerprint density at radius 2 is 2.04 bits per heavy atom. The Labute approximate surface area is 165 Å². The molecule has 3 aromatic rings. The molecule has 0 bridgehead atoms. The lowest BCUT2D eigenvalue weighted by Gasteiger charge is -2.07. The number of tetrazole rings is 1. The van der Waals surface area contributed by atoms with Gasteiger partial charge in [-0.1, -0.05) is 17.8 Å². The van der Waals surface area contributed by atoms with Crippen LogP contribution in [0.4, 0.5) is 5.13 Å².